The standard InChI is InChI=1S/C2H3.2CH3.Ga/c1-2;;;/h1H,2H2;2*1H3;. The molecule has 0 saturated heterocycles. The summed E-state index contributed by atoms with van der Waals surface area (Å²) in [5.41, 5.74) is 4.58. The van der Waals surface area contributed by atoms with Gasteiger partial charge in [-0.3, -0.25) is 0 Å². The van der Waals surface area contributed by atoms with Crippen molar-refractivity contribution >= 4 is 16.2 Å². The molecule has 0 aliphatic heterocycles. The van der Waals surface area contributed by atoms with Crippen molar-refractivity contribution in [3.05, 3.63) is 11.2 Å². The Bertz CT molecular complexity index is 30.6. The van der Waals surface area contributed by atoms with E-state index < -0.39 is 16.2 Å². The summed E-state index contributed by atoms with van der Waals surface area (Å²) in [6.07, 6.45) is 0. The Morgan fingerprint density at radius 3 is 1.80 bits per heavy atom. The van der Waals surface area contributed by atoms with Crippen molar-refractivity contribution in [3.8, 4) is 0 Å². The molecule has 28 valence electrons. The minimum absolute atomic E-state index is 0.748. The number of hydrogen-bond acceptors (Lipinski definition) is 0. The average Bonchev–Trinajstić information content (AvgIpc) is 1.38. The number of rotatable bonds is 1. The van der Waals surface area contributed by atoms with E-state index in [4.69, 9.17) is 0 Å². The van der Waals surface area contributed by atoms with E-state index in [1.807, 2.05) is 0 Å². The predicted molar refractivity (Wildman–Crippen MR) is 27.7 cm³/mol. The molecule has 1 heteroatoms. The molecule has 0 N–H and O–H groups in total. The van der Waals surface area contributed by atoms with Crippen molar-refractivity contribution in [1.29, 1.82) is 0 Å². The first-order valence-electron chi connectivity index (χ1n) is 1.90. The Balaban J connectivity index is 2.83. The third kappa shape index (κ3) is 4.38. The van der Waals surface area contributed by atoms with E-state index in [0.29, 0.717) is 0 Å². The molecular weight excluding hydrogens is 118 g/mol. The van der Waals surface area contributed by atoms with Crippen molar-refractivity contribution in [2.45, 2.75) is 11.0 Å². The van der Waals surface area contributed by atoms with Crippen LogP contribution in [0.4, 0.5) is 0 Å². The van der Waals surface area contributed by atoms with Crippen molar-refractivity contribution in [3.63, 3.8) is 0 Å². The Hall–Kier alpha value is 0.376. The van der Waals surface area contributed by atoms with Gasteiger partial charge in [-0.15, -0.1) is 0 Å². The molecule has 0 nitrogen and oxygen atoms in total. The van der Waals surface area contributed by atoms with Crippen LogP contribution >= 0.6 is 0 Å². The third-order valence-corrected chi connectivity index (χ3v) is 2.45. The Morgan fingerprint density at radius 1 is 1.60 bits per heavy atom. The second-order valence-electron chi connectivity index (χ2n) is 1.48. The van der Waals surface area contributed by atoms with Gasteiger partial charge in [-0.1, -0.05) is 0 Å². The van der Waals surface area contributed by atoms with Gasteiger partial charge in [-0.05, 0) is 0 Å². The summed E-state index contributed by atoms with van der Waals surface area (Å²) >= 11 is -0.748. The first kappa shape index (κ1) is 5.38. The van der Waals surface area contributed by atoms with Crippen LogP contribution in [0.1, 0.15) is 0 Å². The maximum absolute atomic E-state index is 3.64. The van der Waals surface area contributed by atoms with Gasteiger partial charge in [0.2, 0.25) is 0 Å². The van der Waals surface area contributed by atoms with E-state index in [-0.39, 0.29) is 0 Å². The van der Waals surface area contributed by atoms with Crippen molar-refractivity contribution < 1.29 is 0 Å². The zero-order valence-corrected chi connectivity index (χ0v) is 6.28. The molecule has 5 heavy (non-hydrogen) atoms. The number of hydrogen-bond donors (Lipinski definition) is 0. The summed E-state index contributed by atoms with van der Waals surface area (Å²) in [5.74, 6) is 0. The van der Waals surface area contributed by atoms with Crippen LogP contribution in [-0.2, 0) is 0 Å². The van der Waals surface area contributed by atoms with Gasteiger partial charge in [0.1, 0.15) is 0 Å². The normalized spacial score (nSPS) is 6.80. The second-order valence-corrected chi connectivity index (χ2v) is 7.69. The molecule has 0 aromatic rings. The molecule has 0 spiro atoms. The van der Waals surface area contributed by atoms with Crippen LogP contribution in [0.15, 0.2) is 11.2 Å². The van der Waals surface area contributed by atoms with Gasteiger partial charge in [-0.25, -0.2) is 0 Å². The van der Waals surface area contributed by atoms with Gasteiger partial charge >= 0.3 is 38.4 Å². The van der Waals surface area contributed by atoms with E-state index in [9.17, 15) is 0 Å². The van der Waals surface area contributed by atoms with Crippen molar-refractivity contribution in [1.82, 2.24) is 0 Å². The summed E-state index contributed by atoms with van der Waals surface area (Å²) in [4.78, 5) is 0. The fourth-order valence-electron chi connectivity index (χ4n) is 0. The molecule has 0 rings (SSSR count). The fraction of sp³-hybridized carbons (Fsp3) is 0.500. The zero-order valence-electron chi connectivity index (χ0n) is 3.86. The monoisotopic (exact) mass is 126 g/mol. The van der Waals surface area contributed by atoms with Gasteiger partial charge < -0.3 is 0 Å². The van der Waals surface area contributed by atoms with Crippen LogP contribution in [0.3, 0.4) is 0 Å². The molecule has 0 fully saturated rings. The van der Waals surface area contributed by atoms with E-state index >= 15 is 0 Å². The molecule has 0 aromatic carbocycles. The van der Waals surface area contributed by atoms with Gasteiger partial charge in [0.05, 0.1) is 0 Å². The molecule has 0 atom stereocenters. The van der Waals surface area contributed by atoms with Crippen LogP contribution in [0.25, 0.3) is 0 Å². The molecule has 0 aliphatic carbocycles. The molecule has 0 amide bonds. The van der Waals surface area contributed by atoms with Crippen molar-refractivity contribution in [2.24, 2.45) is 0 Å². The van der Waals surface area contributed by atoms with Crippen LogP contribution < -0.4 is 0 Å². The average molecular weight is 127 g/mol. The molecule has 0 heterocycles. The van der Waals surface area contributed by atoms with Gasteiger partial charge in [-0.2, -0.15) is 0 Å². The molecule has 0 radical (unpaired) electrons. The van der Waals surface area contributed by atoms with Gasteiger partial charge in [0.25, 0.3) is 0 Å². The van der Waals surface area contributed by atoms with Gasteiger partial charge in [0, 0.05) is 0 Å². The summed E-state index contributed by atoms with van der Waals surface area (Å²) in [7, 11) is 0. The third-order valence-electron chi connectivity index (χ3n) is 0.471. The van der Waals surface area contributed by atoms with E-state index in [1.54, 1.807) is 0 Å². The van der Waals surface area contributed by atoms with Crippen molar-refractivity contribution in [2.75, 3.05) is 0 Å². The summed E-state index contributed by atoms with van der Waals surface area (Å²) in [6, 6.07) is 0. The quantitative estimate of drug-likeness (QED) is 0.467. The van der Waals surface area contributed by atoms with E-state index in [1.165, 1.54) is 0 Å². The maximum atomic E-state index is 3.64. The fourth-order valence-corrected chi connectivity index (χ4v) is 0. The van der Waals surface area contributed by atoms with Crippen LogP contribution in [0.2, 0.25) is 11.0 Å². The molecular formula is C4H9Ga. The Kier molecular flexibility index (Phi) is 2.80. The molecule has 0 bridgehead atoms. The van der Waals surface area contributed by atoms with Crippen LogP contribution in [-0.4, -0.2) is 16.2 Å². The topological polar surface area (TPSA) is 0 Å². The summed E-state index contributed by atoms with van der Waals surface area (Å²) in [6.45, 7) is 3.64. The second kappa shape index (κ2) is 2.60. The Labute approximate surface area is 38.9 Å². The summed E-state index contributed by atoms with van der Waals surface area (Å²) < 4.78 is 2.10. The predicted octanol–water partition coefficient (Wildman–Crippen LogP) is 1.47. The SMILES string of the molecule is C=[CH][Ga]([CH3])[CH3]. The summed E-state index contributed by atoms with van der Waals surface area (Å²) in [5, 5.41) is 0. The van der Waals surface area contributed by atoms with E-state index in [2.05, 4.69) is 22.2 Å². The van der Waals surface area contributed by atoms with Crippen LogP contribution in [0.5, 0.6) is 0 Å². The molecule has 0 saturated carbocycles. The van der Waals surface area contributed by atoms with E-state index in [0.717, 1.165) is 0 Å². The van der Waals surface area contributed by atoms with Crippen LogP contribution in [0, 0.1) is 0 Å². The molecule has 0 unspecified atom stereocenters. The van der Waals surface area contributed by atoms with Gasteiger partial charge in [0.15, 0.2) is 0 Å². The first-order chi connectivity index (χ1) is 2.27. The minimum atomic E-state index is -0.748. The zero-order chi connectivity index (χ0) is 4.28. The molecule has 0 aliphatic rings. The first-order valence-corrected chi connectivity index (χ1v) is 8.14. The molecule has 0 aromatic heterocycles. The Morgan fingerprint density at radius 2 is 1.80 bits per heavy atom.